The van der Waals surface area contributed by atoms with Crippen LogP contribution in [0.1, 0.15) is 5.82 Å². The van der Waals surface area contributed by atoms with Crippen LogP contribution in [0.25, 0.3) is 22.9 Å². The molecular formula is C18H13ClN4O3S. The fourth-order valence-electron chi connectivity index (χ4n) is 2.27. The fraction of sp³-hybridized carbons (Fsp3) is 0.111. The molecule has 2 aromatic heterocycles. The zero-order valence-corrected chi connectivity index (χ0v) is 15.7. The number of benzene rings is 2. The molecule has 0 fully saturated rings. The molecule has 0 saturated carbocycles. The molecule has 0 saturated heterocycles. The molecule has 0 aliphatic carbocycles. The summed E-state index contributed by atoms with van der Waals surface area (Å²) in [4.78, 5) is 4.36. The lowest BCUT2D eigenvalue weighted by molar-refractivity contribution is 0.414. The van der Waals surface area contributed by atoms with Gasteiger partial charge in [0.1, 0.15) is 5.75 Å². The Morgan fingerprint density at radius 3 is 2.41 bits per heavy atom. The van der Waals surface area contributed by atoms with Crippen molar-refractivity contribution in [3.63, 3.8) is 0 Å². The van der Waals surface area contributed by atoms with Gasteiger partial charge in [0.25, 0.3) is 11.1 Å². The van der Waals surface area contributed by atoms with Crippen LogP contribution in [0.5, 0.6) is 5.75 Å². The van der Waals surface area contributed by atoms with Crippen molar-refractivity contribution < 1.29 is 13.7 Å². The molecule has 2 heterocycles. The Balaban J connectivity index is 1.40. The van der Waals surface area contributed by atoms with Crippen LogP contribution in [-0.2, 0) is 5.75 Å². The van der Waals surface area contributed by atoms with Gasteiger partial charge in [-0.25, -0.2) is 0 Å². The maximum atomic E-state index is 5.88. The third-order valence-electron chi connectivity index (χ3n) is 3.63. The summed E-state index contributed by atoms with van der Waals surface area (Å²) in [6, 6.07) is 14.6. The maximum Gasteiger partial charge on any atom is 0.277 e. The molecule has 0 spiro atoms. The van der Waals surface area contributed by atoms with Crippen LogP contribution in [0.15, 0.2) is 62.7 Å². The first kappa shape index (κ1) is 17.6. The van der Waals surface area contributed by atoms with Gasteiger partial charge in [0.15, 0.2) is 5.82 Å². The highest BCUT2D eigenvalue weighted by Gasteiger charge is 2.13. The Hall–Kier alpha value is -2.84. The average molecular weight is 401 g/mol. The van der Waals surface area contributed by atoms with Gasteiger partial charge in [-0.1, -0.05) is 28.5 Å². The van der Waals surface area contributed by atoms with E-state index in [1.807, 2.05) is 36.4 Å². The SMILES string of the molecule is COc1ccc(-c2nnc(SCc3noc(-c4ccc(Cl)cc4)n3)o2)cc1. The first-order valence-electron chi connectivity index (χ1n) is 7.90. The van der Waals surface area contributed by atoms with Gasteiger partial charge in [0, 0.05) is 16.1 Å². The second-order valence-electron chi connectivity index (χ2n) is 5.41. The van der Waals surface area contributed by atoms with Gasteiger partial charge in [0.2, 0.25) is 5.89 Å². The summed E-state index contributed by atoms with van der Waals surface area (Å²) in [5.74, 6) is 2.62. The molecule has 136 valence electrons. The van der Waals surface area contributed by atoms with E-state index in [1.54, 1.807) is 19.2 Å². The molecule has 0 amide bonds. The standard InChI is InChI=1S/C18H13ClN4O3S/c1-24-14-8-4-12(5-9-14)17-21-22-18(25-17)27-10-15-20-16(26-23-15)11-2-6-13(19)7-3-11/h2-9H,10H2,1H3. The number of hydrogen-bond donors (Lipinski definition) is 0. The molecule has 7 nitrogen and oxygen atoms in total. The predicted octanol–water partition coefficient (Wildman–Crippen LogP) is 4.74. The summed E-state index contributed by atoms with van der Waals surface area (Å²) in [6.45, 7) is 0. The molecule has 0 unspecified atom stereocenters. The number of methoxy groups -OCH3 is 1. The number of rotatable bonds is 6. The molecular weight excluding hydrogens is 388 g/mol. The summed E-state index contributed by atoms with van der Waals surface area (Å²) in [5.41, 5.74) is 1.63. The first-order valence-corrected chi connectivity index (χ1v) is 9.27. The number of thioether (sulfide) groups is 1. The highest BCUT2D eigenvalue weighted by molar-refractivity contribution is 7.98. The molecule has 4 rings (SSSR count). The minimum atomic E-state index is 0.429. The largest absolute Gasteiger partial charge is 0.497 e. The quantitative estimate of drug-likeness (QED) is 0.429. The van der Waals surface area contributed by atoms with Crippen molar-refractivity contribution >= 4 is 23.4 Å². The zero-order valence-electron chi connectivity index (χ0n) is 14.1. The van der Waals surface area contributed by atoms with Crippen LogP contribution < -0.4 is 4.74 Å². The monoisotopic (exact) mass is 400 g/mol. The molecule has 0 aliphatic heterocycles. The summed E-state index contributed by atoms with van der Waals surface area (Å²) >= 11 is 7.22. The zero-order chi connectivity index (χ0) is 18.6. The van der Waals surface area contributed by atoms with Gasteiger partial charge in [-0.05, 0) is 48.5 Å². The summed E-state index contributed by atoms with van der Waals surface area (Å²) < 4.78 is 16.1. The lowest BCUT2D eigenvalue weighted by Crippen LogP contribution is -1.84. The summed E-state index contributed by atoms with van der Waals surface area (Å²) in [5, 5.41) is 13.2. The molecule has 9 heteroatoms. The first-order chi connectivity index (χ1) is 13.2. The molecule has 4 aromatic rings. The van der Waals surface area contributed by atoms with Gasteiger partial charge in [-0.3, -0.25) is 0 Å². The highest BCUT2D eigenvalue weighted by Crippen LogP contribution is 2.27. The van der Waals surface area contributed by atoms with Crippen molar-refractivity contribution in [3.05, 3.63) is 59.4 Å². The van der Waals surface area contributed by atoms with Crippen molar-refractivity contribution in [2.45, 2.75) is 11.0 Å². The van der Waals surface area contributed by atoms with Crippen molar-refractivity contribution in [2.24, 2.45) is 0 Å². The van der Waals surface area contributed by atoms with Crippen LogP contribution in [0.2, 0.25) is 5.02 Å². The van der Waals surface area contributed by atoms with E-state index in [0.717, 1.165) is 16.9 Å². The minimum Gasteiger partial charge on any atom is -0.497 e. The van der Waals surface area contributed by atoms with E-state index < -0.39 is 0 Å². The van der Waals surface area contributed by atoms with Crippen molar-refractivity contribution in [1.29, 1.82) is 0 Å². The van der Waals surface area contributed by atoms with E-state index in [4.69, 9.17) is 25.3 Å². The molecule has 0 aliphatic rings. The van der Waals surface area contributed by atoms with Crippen LogP contribution in [0, 0.1) is 0 Å². The van der Waals surface area contributed by atoms with E-state index in [2.05, 4.69) is 20.3 Å². The second-order valence-corrected chi connectivity index (χ2v) is 6.78. The van der Waals surface area contributed by atoms with Gasteiger partial charge in [-0.15, -0.1) is 10.2 Å². The Morgan fingerprint density at radius 2 is 1.67 bits per heavy atom. The highest BCUT2D eigenvalue weighted by atomic mass is 35.5. The third kappa shape index (κ3) is 4.12. The number of ether oxygens (including phenoxy) is 1. The summed E-state index contributed by atoms with van der Waals surface area (Å²) in [6.07, 6.45) is 0. The normalized spacial score (nSPS) is 10.9. The maximum absolute atomic E-state index is 5.88. The summed E-state index contributed by atoms with van der Waals surface area (Å²) in [7, 11) is 1.62. The van der Waals surface area contributed by atoms with Crippen LogP contribution in [-0.4, -0.2) is 27.4 Å². The lowest BCUT2D eigenvalue weighted by Gasteiger charge is -1.99. The van der Waals surface area contributed by atoms with Crippen molar-refractivity contribution in [2.75, 3.05) is 7.11 Å². The van der Waals surface area contributed by atoms with E-state index in [1.165, 1.54) is 11.8 Å². The molecule has 0 N–H and O–H groups in total. The number of nitrogens with zero attached hydrogens (tertiary/aromatic N) is 4. The van der Waals surface area contributed by atoms with E-state index in [0.29, 0.717) is 33.6 Å². The van der Waals surface area contributed by atoms with E-state index in [9.17, 15) is 0 Å². The molecule has 27 heavy (non-hydrogen) atoms. The van der Waals surface area contributed by atoms with Crippen LogP contribution >= 0.6 is 23.4 Å². The van der Waals surface area contributed by atoms with Crippen molar-refractivity contribution in [1.82, 2.24) is 20.3 Å². The Morgan fingerprint density at radius 1 is 0.963 bits per heavy atom. The third-order valence-corrected chi connectivity index (χ3v) is 4.69. The smallest absolute Gasteiger partial charge is 0.277 e. The molecule has 2 aromatic carbocycles. The van der Waals surface area contributed by atoms with Gasteiger partial charge >= 0.3 is 0 Å². The number of halogens is 1. The Kier molecular flexibility index (Phi) is 5.08. The van der Waals surface area contributed by atoms with Crippen LogP contribution in [0.3, 0.4) is 0 Å². The van der Waals surface area contributed by atoms with E-state index >= 15 is 0 Å². The van der Waals surface area contributed by atoms with Gasteiger partial charge < -0.3 is 13.7 Å². The minimum absolute atomic E-state index is 0.429. The predicted molar refractivity (Wildman–Crippen MR) is 101 cm³/mol. The van der Waals surface area contributed by atoms with Gasteiger partial charge in [-0.2, -0.15) is 4.98 Å². The molecule has 0 bridgehead atoms. The molecule has 0 radical (unpaired) electrons. The van der Waals surface area contributed by atoms with Gasteiger partial charge in [0.05, 0.1) is 12.9 Å². The van der Waals surface area contributed by atoms with Crippen LogP contribution in [0.4, 0.5) is 0 Å². The fourth-order valence-corrected chi connectivity index (χ4v) is 3.00. The second kappa shape index (κ2) is 7.81. The molecule has 0 atom stereocenters. The number of aromatic nitrogens is 4. The number of hydrogen-bond acceptors (Lipinski definition) is 8. The average Bonchev–Trinajstić information content (AvgIpc) is 3.37. The Bertz CT molecular complexity index is 1030. The lowest BCUT2D eigenvalue weighted by atomic mass is 10.2. The van der Waals surface area contributed by atoms with E-state index in [-0.39, 0.29) is 0 Å². The topological polar surface area (TPSA) is 87.1 Å². The van der Waals surface area contributed by atoms with Crippen molar-refractivity contribution in [3.8, 4) is 28.7 Å². The Labute approximate surface area is 163 Å².